The number of hydrogen-bond acceptors (Lipinski definition) is 9. The van der Waals surface area contributed by atoms with E-state index in [1.165, 1.54) is 24.0 Å². The van der Waals surface area contributed by atoms with E-state index in [0.717, 1.165) is 0 Å². The second-order valence-electron chi connectivity index (χ2n) is 6.36. The monoisotopic (exact) mass is 366 g/mol. The molecule has 5 N–H and O–H groups in total. The molecule has 1 unspecified atom stereocenters. The highest BCUT2D eigenvalue weighted by Crippen LogP contribution is 2.44. The molecule has 138 valence electrons. The molecule has 4 rings (SSSR count). The number of aliphatic hydroxyl groups is 3. The standard InChI is InChI=1S/C15H15FN4O6/c1-15(25)10(23)6(3-21)26-14(15)20-2-5-7-11(17-4-18-12(7)20)19-13(24)8(16)9(5)22/h2,4,6,10,14,21,23-25H,3H2,1H3,(H,17,18,19)/t6-,10-,14-,15?/m1/s1. The molecule has 11 heteroatoms. The van der Waals surface area contributed by atoms with Crippen molar-refractivity contribution in [3.8, 4) is 5.88 Å². The minimum absolute atomic E-state index is 0.000790. The van der Waals surface area contributed by atoms with Crippen LogP contribution in [0.2, 0.25) is 0 Å². The number of rotatable bonds is 2. The Morgan fingerprint density at radius 1 is 1.50 bits per heavy atom. The summed E-state index contributed by atoms with van der Waals surface area (Å²) in [5, 5.41) is 42.3. The van der Waals surface area contributed by atoms with E-state index in [1.54, 1.807) is 0 Å². The first-order valence-electron chi connectivity index (χ1n) is 7.70. The van der Waals surface area contributed by atoms with Crippen molar-refractivity contribution in [2.75, 3.05) is 11.9 Å². The van der Waals surface area contributed by atoms with Crippen LogP contribution >= 0.6 is 0 Å². The number of aliphatic hydroxyl groups excluding tert-OH is 2. The van der Waals surface area contributed by atoms with Gasteiger partial charge in [0.05, 0.1) is 23.7 Å². The van der Waals surface area contributed by atoms with Crippen molar-refractivity contribution in [1.82, 2.24) is 9.55 Å². The summed E-state index contributed by atoms with van der Waals surface area (Å²) in [5.74, 6) is -2.37. The molecule has 2 aliphatic rings. The largest absolute Gasteiger partial charge is 0.491 e. The molecule has 1 saturated heterocycles. The summed E-state index contributed by atoms with van der Waals surface area (Å²) >= 11 is 0. The molecule has 0 spiro atoms. The lowest BCUT2D eigenvalue weighted by Crippen LogP contribution is -2.44. The van der Waals surface area contributed by atoms with Crippen molar-refractivity contribution >= 4 is 28.7 Å². The first-order valence-corrected chi connectivity index (χ1v) is 7.70. The average molecular weight is 366 g/mol. The molecule has 2 aromatic rings. The number of nitrogens with zero attached hydrogens (tertiary/aromatic N) is 3. The maximum atomic E-state index is 14.0. The Bertz CT molecular complexity index is 1000. The van der Waals surface area contributed by atoms with E-state index in [4.69, 9.17) is 4.74 Å². The smallest absolute Gasteiger partial charge is 0.254 e. The van der Waals surface area contributed by atoms with Gasteiger partial charge in [-0.25, -0.2) is 4.99 Å². The highest BCUT2D eigenvalue weighted by molar-refractivity contribution is 6.06. The van der Waals surface area contributed by atoms with Crippen molar-refractivity contribution in [1.29, 1.82) is 0 Å². The predicted octanol–water partition coefficient (Wildman–Crippen LogP) is -0.672. The van der Waals surface area contributed by atoms with E-state index in [0.29, 0.717) is 0 Å². The molecule has 10 nitrogen and oxygen atoms in total. The first kappa shape index (κ1) is 16.8. The van der Waals surface area contributed by atoms with Gasteiger partial charge in [0.25, 0.3) is 5.88 Å². The van der Waals surface area contributed by atoms with Gasteiger partial charge in [-0.1, -0.05) is 0 Å². The Morgan fingerprint density at radius 2 is 2.23 bits per heavy atom. The molecule has 2 aromatic heterocycles. The van der Waals surface area contributed by atoms with Gasteiger partial charge in [-0.3, -0.25) is 4.79 Å². The quantitative estimate of drug-likeness (QED) is 0.470. The van der Waals surface area contributed by atoms with Crippen LogP contribution in [0.4, 0.5) is 16.0 Å². The van der Waals surface area contributed by atoms with E-state index in [9.17, 15) is 29.6 Å². The normalized spacial score (nSPS) is 30.0. The summed E-state index contributed by atoms with van der Waals surface area (Å²) in [7, 11) is 0. The molecule has 0 aliphatic carbocycles. The number of aliphatic imine (C=N–C) groups is 1. The van der Waals surface area contributed by atoms with Crippen LogP contribution in [0.5, 0.6) is 5.88 Å². The van der Waals surface area contributed by atoms with Crippen LogP contribution < -0.4 is 10.7 Å². The Hall–Kier alpha value is -2.60. The molecule has 2 aliphatic heterocycles. The van der Waals surface area contributed by atoms with Crippen LogP contribution in [0.25, 0.3) is 10.8 Å². The van der Waals surface area contributed by atoms with Crippen molar-refractivity contribution in [3.05, 3.63) is 22.2 Å². The maximum absolute atomic E-state index is 14.0. The van der Waals surface area contributed by atoms with E-state index < -0.39 is 47.8 Å². The third kappa shape index (κ3) is 2.08. The number of anilines is 1. The zero-order valence-electron chi connectivity index (χ0n) is 13.4. The van der Waals surface area contributed by atoms with E-state index in [2.05, 4.69) is 15.3 Å². The number of halogens is 1. The second kappa shape index (κ2) is 5.45. The predicted molar refractivity (Wildman–Crippen MR) is 87.0 cm³/mol. The van der Waals surface area contributed by atoms with Crippen molar-refractivity contribution in [2.24, 2.45) is 4.99 Å². The maximum Gasteiger partial charge on any atom is 0.254 e. The van der Waals surface area contributed by atoms with Gasteiger partial charge in [-0.2, -0.15) is 9.37 Å². The molecular formula is C15H15FN4O6. The third-order valence-electron chi connectivity index (χ3n) is 4.68. The average Bonchev–Trinajstić information content (AvgIpc) is 3.07. The molecule has 1 fully saturated rings. The van der Waals surface area contributed by atoms with Gasteiger partial charge in [0.1, 0.15) is 29.4 Å². The van der Waals surface area contributed by atoms with Gasteiger partial charge < -0.3 is 35.0 Å². The summed E-state index contributed by atoms with van der Waals surface area (Å²) < 4.78 is 20.8. The Labute approximate surface area is 144 Å². The number of hydrogen-bond donors (Lipinski definition) is 5. The lowest BCUT2D eigenvalue weighted by atomic mass is 9.96. The molecule has 26 heavy (non-hydrogen) atoms. The summed E-state index contributed by atoms with van der Waals surface area (Å²) in [5.41, 5.74) is -2.93. The zero-order valence-corrected chi connectivity index (χ0v) is 13.4. The van der Waals surface area contributed by atoms with Gasteiger partial charge in [0.15, 0.2) is 6.23 Å². The van der Waals surface area contributed by atoms with Gasteiger partial charge in [0.2, 0.25) is 11.2 Å². The van der Waals surface area contributed by atoms with Crippen LogP contribution in [0.3, 0.4) is 0 Å². The van der Waals surface area contributed by atoms with Gasteiger partial charge in [0, 0.05) is 6.20 Å². The molecule has 0 saturated carbocycles. The lowest BCUT2D eigenvalue weighted by Gasteiger charge is -2.28. The fourth-order valence-electron chi connectivity index (χ4n) is 3.31. The summed E-state index contributed by atoms with van der Waals surface area (Å²) in [4.78, 5) is 20.1. The van der Waals surface area contributed by atoms with E-state index >= 15 is 0 Å². The molecule has 0 amide bonds. The molecule has 0 bridgehead atoms. The van der Waals surface area contributed by atoms with E-state index in [-0.39, 0.29) is 22.4 Å². The minimum Gasteiger partial charge on any atom is -0.491 e. The number of nitrogens with one attached hydrogen (secondary N) is 1. The summed E-state index contributed by atoms with van der Waals surface area (Å²) in [6.07, 6.45) is -1.24. The van der Waals surface area contributed by atoms with Crippen molar-refractivity contribution < 1.29 is 29.6 Å². The highest BCUT2D eigenvalue weighted by atomic mass is 19.1. The Balaban J connectivity index is 2.02. The Morgan fingerprint density at radius 3 is 2.88 bits per heavy atom. The molecule has 0 radical (unpaired) electrons. The topological polar surface area (TPSA) is 149 Å². The first-order chi connectivity index (χ1) is 12.3. The highest BCUT2D eigenvalue weighted by Gasteiger charge is 2.53. The number of aromatic hydroxyl groups is 1. The third-order valence-corrected chi connectivity index (χ3v) is 4.68. The van der Waals surface area contributed by atoms with Crippen LogP contribution in [0.15, 0.2) is 16.0 Å². The van der Waals surface area contributed by atoms with Crippen LogP contribution in [0.1, 0.15) is 13.2 Å². The minimum atomic E-state index is -1.82. The zero-order chi connectivity index (χ0) is 18.8. The molecule has 4 atom stereocenters. The fourth-order valence-corrected chi connectivity index (χ4v) is 3.31. The second-order valence-corrected chi connectivity index (χ2v) is 6.36. The molecular weight excluding hydrogens is 351 g/mol. The van der Waals surface area contributed by atoms with Crippen LogP contribution in [-0.2, 0) is 4.74 Å². The number of ether oxygens (including phenoxy) is 1. The van der Waals surface area contributed by atoms with Crippen LogP contribution in [0, 0.1) is 5.82 Å². The van der Waals surface area contributed by atoms with Crippen LogP contribution in [-0.4, -0.2) is 60.7 Å². The molecule has 0 aromatic carbocycles. The summed E-state index contributed by atoms with van der Waals surface area (Å²) in [6.45, 7) is 0.773. The Kier molecular flexibility index (Phi) is 3.53. The van der Waals surface area contributed by atoms with E-state index in [1.807, 2.05) is 0 Å². The van der Waals surface area contributed by atoms with Gasteiger partial charge in [-0.15, -0.1) is 0 Å². The van der Waals surface area contributed by atoms with Gasteiger partial charge >= 0.3 is 0 Å². The SMILES string of the molecule is CC1(O)[C@H](O)[C@@H](CO)O[C@H]1n1cc2c(=O)c(F)c(O)nc3c2c1N=CN3. The molecule has 4 heterocycles. The fraction of sp³-hybridized carbons (Fsp3) is 0.400. The van der Waals surface area contributed by atoms with Gasteiger partial charge in [-0.05, 0) is 6.92 Å². The summed E-state index contributed by atoms with van der Waals surface area (Å²) in [6, 6.07) is 0. The van der Waals surface area contributed by atoms with Crippen molar-refractivity contribution in [3.63, 3.8) is 0 Å². The lowest BCUT2D eigenvalue weighted by molar-refractivity contribution is -0.0955. The number of aromatic nitrogens is 2. The van der Waals surface area contributed by atoms with Crippen molar-refractivity contribution in [2.45, 2.75) is 31.0 Å².